The van der Waals surface area contributed by atoms with Gasteiger partial charge in [0.15, 0.2) is 0 Å². The summed E-state index contributed by atoms with van der Waals surface area (Å²) in [6.07, 6.45) is 5.50. The number of nitriles is 1. The first-order valence-electron chi connectivity index (χ1n) is 4.44. The molecule has 0 spiro atoms. The zero-order valence-corrected chi connectivity index (χ0v) is 9.03. The molecule has 15 heavy (non-hydrogen) atoms. The Balaban J connectivity index is 2.63. The highest BCUT2D eigenvalue weighted by molar-refractivity contribution is 7.98. The Morgan fingerprint density at radius 3 is 2.87 bits per heavy atom. The van der Waals surface area contributed by atoms with Gasteiger partial charge in [0.1, 0.15) is 6.07 Å². The topological polar surface area (TPSA) is 41.6 Å². The maximum Gasteiger partial charge on any atom is 0.103 e. The molecule has 0 amide bonds. The normalized spacial score (nSPS) is 9.87. The second-order valence-electron chi connectivity index (χ2n) is 2.92. The smallest absolute Gasteiger partial charge is 0.103 e. The Labute approximate surface area is 92.3 Å². The van der Waals surface area contributed by atoms with E-state index in [1.54, 1.807) is 22.6 Å². The van der Waals surface area contributed by atoms with E-state index in [4.69, 9.17) is 5.26 Å². The summed E-state index contributed by atoms with van der Waals surface area (Å²) in [7, 11) is 0. The molecular formula is C11H9N3S. The van der Waals surface area contributed by atoms with Crippen LogP contribution in [0.5, 0.6) is 0 Å². The van der Waals surface area contributed by atoms with Crippen molar-refractivity contribution in [2.45, 2.75) is 4.90 Å². The van der Waals surface area contributed by atoms with Crippen LogP contribution in [0.3, 0.4) is 0 Å². The molecule has 0 saturated carbocycles. The number of rotatable bonds is 2. The summed E-state index contributed by atoms with van der Waals surface area (Å²) in [4.78, 5) is 0.977. The summed E-state index contributed by atoms with van der Waals surface area (Å²) in [5.41, 5.74) is 1.50. The minimum Gasteiger partial charge on any atom is -0.240 e. The van der Waals surface area contributed by atoms with Gasteiger partial charge >= 0.3 is 0 Å². The van der Waals surface area contributed by atoms with E-state index < -0.39 is 0 Å². The van der Waals surface area contributed by atoms with Gasteiger partial charge in [-0.2, -0.15) is 10.4 Å². The van der Waals surface area contributed by atoms with Crippen molar-refractivity contribution in [1.82, 2.24) is 9.78 Å². The fourth-order valence-electron chi connectivity index (χ4n) is 1.40. The van der Waals surface area contributed by atoms with Crippen molar-refractivity contribution in [1.29, 1.82) is 5.26 Å². The number of hydrogen-bond donors (Lipinski definition) is 0. The summed E-state index contributed by atoms with van der Waals surface area (Å²) < 4.78 is 1.71. The van der Waals surface area contributed by atoms with E-state index in [9.17, 15) is 0 Å². The van der Waals surface area contributed by atoms with Crippen molar-refractivity contribution in [3.8, 4) is 11.8 Å². The molecule has 2 aromatic rings. The van der Waals surface area contributed by atoms with Crippen LogP contribution in [0.1, 0.15) is 5.56 Å². The van der Waals surface area contributed by atoms with Gasteiger partial charge in [-0.05, 0) is 24.5 Å². The highest BCUT2D eigenvalue weighted by Gasteiger charge is 2.08. The van der Waals surface area contributed by atoms with Gasteiger partial charge < -0.3 is 0 Å². The van der Waals surface area contributed by atoms with Crippen molar-refractivity contribution in [3.63, 3.8) is 0 Å². The molecule has 4 heteroatoms. The standard InChI is InChI=1S/C11H9N3S/c1-15-11-5-2-4-10(9(11)8-12)14-7-3-6-13-14/h2-7H,1H3. The number of nitrogens with zero attached hydrogens (tertiary/aromatic N) is 3. The van der Waals surface area contributed by atoms with Crippen LogP contribution in [0.15, 0.2) is 41.6 Å². The fourth-order valence-corrected chi connectivity index (χ4v) is 1.97. The van der Waals surface area contributed by atoms with Crippen LogP contribution in [-0.4, -0.2) is 16.0 Å². The zero-order valence-electron chi connectivity index (χ0n) is 8.21. The van der Waals surface area contributed by atoms with Gasteiger partial charge in [0.2, 0.25) is 0 Å². The fraction of sp³-hybridized carbons (Fsp3) is 0.0909. The van der Waals surface area contributed by atoms with Gasteiger partial charge in [-0.3, -0.25) is 0 Å². The largest absolute Gasteiger partial charge is 0.240 e. The molecule has 0 bridgehead atoms. The number of thioether (sulfide) groups is 1. The van der Waals surface area contributed by atoms with Gasteiger partial charge in [0.05, 0.1) is 11.3 Å². The van der Waals surface area contributed by atoms with Crippen LogP contribution in [0.2, 0.25) is 0 Å². The average molecular weight is 215 g/mol. The van der Waals surface area contributed by atoms with Gasteiger partial charge in [0.25, 0.3) is 0 Å². The Bertz CT molecular complexity index is 497. The summed E-state index contributed by atoms with van der Waals surface area (Å²) in [5.74, 6) is 0. The Kier molecular flexibility index (Phi) is 2.75. The van der Waals surface area contributed by atoms with Gasteiger partial charge in [0, 0.05) is 17.3 Å². The minimum atomic E-state index is 0.675. The SMILES string of the molecule is CSc1cccc(-n2cccn2)c1C#N. The first-order chi connectivity index (χ1) is 7.36. The first-order valence-corrected chi connectivity index (χ1v) is 5.66. The molecule has 0 unspecified atom stereocenters. The van der Waals surface area contributed by atoms with Gasteiger partial charge in [-0.25, -0.2) is 4.68 Å². The lowest BCUT2D eigenvalue weighted by Gasteiger charge is -2.06. The van der Waals surface area contributed by atoms with E-state index in [-0.39, 0.29) is 0 Å². The third kappa shape index (κ3) is 1.74. The lowest BCUT2D eigenvalue weighted by molar-refractivity contribution is 0.873. The third-order valence-electron chi connectivity index (χ3n) is 2.09. The van der Waals surface area contributed by atoms with E-state index in [0.29, 0.717) is 5.56 Å². The predicted octanol–water partition coefficient (Wildman–Crippen LogP) is 2.47. The van der Waals surface area contributed by atoms with E-state index in [1.165, 1.54) is 0 Å². The number of aromatic nitrogens is 2. The van der Waals surface area contributed by atoms with Crippen LogP contribution in [0, 0.1) is 11.3 Å². The molecule has 0 aliphatic heterocycles. The molecule has 3 nitrogen and oxygen atoms in total. The molecule has 1 heterocycles. The maximum atomic E-state index is 9.12. The Morgan fingerprint density at radius 2 is 2.27 bits per heavy atom. The summed E-state index contributed by atoms with van der Waals surface area (Å²) >= 11 is 1.57. The van der Waals surface area contributed by atoms with Crippen molar-refractivity contribution < 1.29 is 0 Å². The molecule has 1 aromatic heterocycles. The molecule has 1 aromatic carbocycles. The molecule has 74 valence electrons. The molecule has 0 atom stereocenters. The maximum absolute atomic E-state index is 9.12. The Hall–Kier alpha value is -1.73. The summed E-state index contributed by atoms with van der Waals surface area (Å²) in [6, 6.07) is 9.83. The number of benzene rings is 1. The third-order valence-corrected chi connectivity index (χ3v) is 2.87. The molecule has 0 N–H and O–H groups in total. The number of hydrogen-bond acceptors (Lipinski definition) is 3. The summed E-state index contributed by atoms with van der Waals surface area (Å²) in [5, 5.41) is 13.3. The lowest BCUT2D eigenvalue weighted by Crippen LogP contribution is -1.98. The molecular weight excluding hydrogens is 206 g/mol. The highest BCUT2D eigenvalue weighted by Crippen LogP contribution is 2.24. The van der Waals surface area contributed by atoms with E-state index in [0.717, 1.165) is 10.6 Å². The van der Waals surface area contributed by atoms with Gasteiger partial charge in [-0.15, -0.1) is 11.8 Å². The van der Waals surface area contributed by atoms with Gasteiger partial charge in [-0.1, -0.05) is 6.07 Å². The lowest BCUT2D eigenvalue weighted by atomic mass is 10.2. The first kappa shape index (κ1) is 9.81. The second-order valence-corrected chi connectivity index (χ2v) is 3.76. The van der Waals surface area contributed by atoms with Crippen LogP contribution in [0.4, 0.5) is 0 Å². The van der Waals surface area contributed by atoms with Crippen molar-refractivity contribution in [2.75, 3.05) is 6.26 Å². The quantitative estimate of drug-likeness (QED) is 0.723. The Morgan fingerprint density at radius 1 is 1.40 bits per heavy atom. The van der Waals surface area contributed by atoms with Crippen LogP contribution >= 0.6 is 11.8 Å². The predicted molar refractivity (Wildman–Crippen MR) is 60.1 cm³/mol. The average Bonchev–Trinajstić information content (AvgIpc) is 2.81. The molecule has 0 saturated heterocycles. The highest BCUT2D eigenvalue weighted by atomic mass is 32.2. The van der Waals surface area contributed by atoms with Crippen molar-refractivity contribution in [2.24, 2.45) is 0 Å². The van der Waals surface area contributed by atoms with Crippen molar-refractivity contribution >= 4 is 11.8 Å². The van der Waals surface area contributed by atoms with Crippen LogP contribution in [0.25, 0.3) is 5.69 Å². The molecule has 0 radical (unpaired) electrons. The van der Waals surface area contributed by atoms with E-state index in [1.807, 2.05) is 36.7 Å². The van der Waals surface area contributed by atoms with E-state index >= 15 is 0 Å². The molecule has 2 rings (SSSR count). The van der Waals surface area contributed by atoms with Crippen LogP contribution < -0.4 is 0 Å². The molecule has 0 aliphatic rings. The van der Waals surface area contributed by atoms with E-state index in [2.05, 4.69) is 11.2 Å². The second kappa shape index (κ2) is 4.20. The molecule has 0 aliphatic carbocycles. The van der Waals surface area contributed by atoms with Crippen molar-refractivity contribution in [3.05, 3.63) is 42.2 Å². The zero-order chi connectivity index (χ0) is 10.7. The minimum absolute atomic E-state index is 0.675. The van der Waals surface area contributed by atoms with Crippen LogP contribution in [-0.2, 0) is 0 Å². The summed E-state index contributed by atoms with van der Waals surface area (Å²) in [6.45, 7) is 0. The monoisotopic (exact) mass is 215 g/mol. The molecule has 0 fully saturated rings.